The van der Waals surface area contributed by atoms with Crippen molar-refractivity contribution in [2.75, 3.05) is 11.9 Å². The molecule has 1 aromatic rings. The number of nitrogens with zero attached hydrogens (tertiary/aromatic N) is 1. The fourth-order valence-electron chi connectivity index (χ4n) is 2.46. The van der Waals surface area contributed by atoms with Crippen molar-refractivity contribution < 1.29 is 14.5 Å². The number of nitrogens with one attached hydrogen (secondary N) is 1. The highest BCUT2D eigenvalue weighted by Gasteiger charge is 2.16. The van der Waals surface area contributed by atoms with E-state index in [1.807, 2.05) is 40.7 Å². The van der Waals surface area contributed by atoms with Crippen molar-refractivity contribution in [3.8, 4) is 0 Å². The monoisotopic (exact) mass is 350 g/mol. The lowest BCUT2D eigenvalue weighted by molar-refractivity contribution is -0.384. The number of ether oxygens (including phenoxy) is 1. The molecule has 0 saturated carbocycles. The second-order valence-corrected chi connectivity index (χ2v) is 7.39. The molecular formula is C19H30N2O4. The van der Waals surface area contributed by atoms with Crippen LogP contribution in [0.25, 0.3) is 0 Å². The lowest BCUT2D eigenvalue weighted by atomic mass is 10.1. The maximum Gasteiger partial charge on any atom is 0.306 e. The Kier molecular flexibility index (Phi) is 7.87. The average Bonchev–Trinajstić information content (AvgIpc) is 2.47. The number of unbranched alkanes of at least 4 members (excludes halogenated alkanes) is 3. The third kappa shape index (κ3) is 8.01. The minimum atomic E-state index is -0.429. The summed E-state index contributed by atoms with van der Waals surface area (Å²) in [5, 5.41) is 14.3. The predicted octanol–water partition coefficient (Wildman–Crippen LogP) is 4.92. The maximum absolute atomic E-state index is 11.6. The fraction of sp³-hybridized carbons (Fsp3) is 0.632. The molecule has 25 heavy (non-hydrogen) atoms. The summed E-state index contributed by atoms with van der Waals surface area (Å²) in [6.45, 7) is 10.1. The molecule has 6 nitrogen and oxygen atoms in total. The van der Waals surface area contributed by atoms with Crippen molar-refractivity contribution in [1.82, 2.24) is 0 Å². The van der Waals surface area contributed by atoms with Crippen molar-refractivity contribution in [3.05, 3.63) is 33.4 Å². The highest BCUT2D eigenvalue weighted by atomic mass is 16.6. The number of carbonyl (C=O) groups is 1. The Bertz CT molecular complexity index is 606. The molecule has 1 aromatic carbocycles. The van der Waals surface area contributed by atoms with Gasteiger partial charge in [0.2, 0.25) is 0 Å². The van der Waals surface area contributed by atoms with Gasteiger partial charge in [0.05, 0.1) is 4.92 Å². The minimum Gasteiger partial charge on any atom is -0.460 e. The summed E-state index contributed by atoms with van der Waals surface area (Å²) in [7, 11) is 0. The molecule has 0 heterocycles. The van der Waals surface area contributed by atoms with Gasteiger partial charge in [-0.3, -0.25) is 14.9 Å². The van der Waals surface area contributed by atoms with Crippen molar-refractivity contribution in [1.29, 1.82) is 0 Å². The fourth-order valence-corrected chi connectivity index (χ4v) is 2.46. The first-order valence-electron chi connectivity index (χ1n) is 8.81. The van der Waals surface area contributed by atoms with Gasteiger partial charge in [-0.05, 0) is 64.7 Å². The van der Waals surface area contributed by atoms with Crippen LogP contribution in [-0.2, 0) is 9.53 Å². The molecule has 1 rings (SSSR count). The van der Waals surface area contributed by atoms with Gasteiger partial charge in [-0.25, -0.2) is 0 Å². The van der Waals surface area contributed by atoms with E-state index in [0.717, 1.165) is 36.8 Å². The van der Waals surface area contributed by atoms with Gasteiger partial charge in [0.1, 0.15) is 11.3 Å². The second kappa shape index (κ2) is 9.39. The number of esters is 1. The molecule has 0 aliphatic rings. The molecule has 0 fully saturated rings. The van der Waals surface area contributed by atoms with E-state index in [2.05, 4.69) is 5.32 Å². The Labute approximate surface area is 150 Å². The van der Waals surface area contributed by atoms with Crippen LogP contribution in [0.2, 0.25) is 0 Å². The maximum atomic E-state index is 11.6. The summed E-state index contributed by atoms with van der Waals surface area (Å²) < 4.78 is 5.26. The van der Waals surface area contributed by atoms with Gasteiger partial charge in [0.15, 0.2) is 0 Å². The Morgan fingerprint density at radius 2 is 1.72 bits per heavy atom. The van der Waals surface area contributed by atoms with Gasteiger partial charge in [-0.2, -0.15) is 0 Å². The number of benzene rings is 1. The van der Waals surface area contributed by atoms with Crippen LogP contribution >= 0.6 is 0 Å². The van der Waals surface area contributed by atoms with Crippen molar-refractivity contribution in [2.45, 2.75) is 72.3 Å². The third-order valence-corrected chi connectivity index (χ3v) is 3.85. The van der Waals surface area contributed by atoms with Crippen LogP contribution in [0, 0.1) is 24.0 Å². The number of aryl methyl sites for hydroxylation is 2. The average molecular weight is 350 g/mol. The van der Waals surface area contributed by atoms with Crippen molar-refractivity contribution in [2.24, 2.45) is 0 Å². The normalized spacial score (nSPS) is 11.2. The summed E-state index contributed by atoms with van der Waals surface area (Å²) in [6.07, 6.45) is 4.05. The number of nitro groups is 1. The molecule has 0 aromatic heterocycles. The number of rotatable bonds is 9. The SMILES string of the molecule is Cc1cc(NCCCCCCC(=O)OC(C)(C)C)c([N+](=O)[O-])cc1C. The van der Waals surface area contributed by atoms with Crippen LogP contribution in [-0.4, -0.2) is 23.0 Å². The zero-order chi connectivity index (χ0) is 19.0. The summed E-state index contributed by atoms with van der Waals surface area (Å²) in [4.78, 5) is 22.4. The largest absolute Gasteiger partial charge is 0.460 e. The topological polar surface area (TPSA) is 81.5 Å². The van der Waals surface area contributed by atoms with Crippen LogP contribution < -0.4 is 5.32 Å². The van der Waals surface area contributed by atoms with Crippen LogP contribution in [0.5, 0.6) is 0 Å². The van der Waals surface area contributed by atoms with Crippen LogP contribution in [0.4, 0.5) is 11.4 Å². The summed E-state index contributed by atoms with van der Waals surface area (Å²) in [6, 6.07) is 3.44. The molecule has 140 valence electrons. The van der Waals surface area contributed by atoms with E-state index in [1.165, 1.54) is 0 Å². The van der Waals surface area contributed by atoms with Crippen LogP contribution in [0.15, 0.2) is 12.1 Å². The number of nitro benzene ring substituents is 1. The van der Waals surface area contributed by atoms with Gasteiger partial charge in [0, 0.05) is 19.0 Å². The zero-order valence-electron chi connectivity index (χ0n) is 16.0. The molecule has 0 saturated heterocycles. The molecule has 0 amide bonds. The Hall–Kier alpha value is -2.11. The molecule has 0 aliphatic heterocycles. The molecule has 1 N–H and O–H groups in total. The van der Waals surface area contributed by atoms with Gasteiger partial charge >= 0.3 is 5.97 Å². The molecule has 0 spiro atoms. The highest BCUT2D eigenvalue weighted by molar-refractivity contribution is 5.69. The van der Waals surface area contributed by atoms with E-state index in [4.69, 9.17) is 4.74 Å². The lowest BCUT2D eigenvalue weighted by Gasteiger charge is -2.19. The van der Waals surface area contributed by atoms with Gasteiger partial charge in [-0.15, -0.1) is 0 Å². The molecule has 0 radical (unpaired) electrons. The zero-order valence-corrected chi connectivity index (χ0v) is 16.0. The minimum absolute atomic E-state index is 0.119. The first kappa shape index (κ1) is 20.9. The third-order valence-electron chi connectivity index (χ3n) is 3.85. The quantitative estimate of drug-likeness (QED) is 0.296. The van der Waals surface area contributed by atoms with E-state index in [9.17, 15) is 14.9 Å². The molecule has 0 atom stereocenters. The van der Waals surface area contributed by atoms with Gasteiger partial charge < -0.3 is 10.1 Å². The van der Waals surface area contributed by atoms with Crippen molar-refractivity contribution >= 4 is 17.3 Å². The summed E-state index contributed by atoms with van der Waals surface area (Å²) in [5.41, 5.74) is 2.21. The Balaban J connectivity index is 2.30. The molecule has 0 aliphatic carbocycles. The van der Waals surface area contributed by atoms with Gasteiger partial charge in [-0.1, -0.05) is 12.8 Å². The Morgan fingerprint density at radius 3 is 2.32 bits per heavy atom. The van der Waals surface area contributed by atoms with E-state index < -0.39 is 5.60 Å². The standard InChI is InChI=1S/C19H30N2O4/c1-14-12-16(17(21(23)24)13-15(14)2)20-11-9-7-6-8-10-18(22)25-19(3,4)5/h12-13,20H,6-11H2,1-5H3. The van der Waals surface area contributed by atoms with Crippen LogP contribution in [0.3, 0.4) is 0 Å². The highest BCUT2D eigenvalue weighted by Crippen LogP contribution is 2.27. The predicted molar refractivity (Wildman–Crippen MR) is 100.0 cm³/mol. The van der Waals surface area contributed by atoms with E-state index in [-0.39, 0.29) is 16.6 Å². The summed E-state index contributed by atoms with van der Waals surface area (Å²) >= 11 is 0. The molecule has 6 heteroatoms. The number of anilines is 1. The molecule has 0 unspecified atom stereocenters. The van der Waals surface area contributed by atoms with Gasteiger partial charge in [0.25, 0.3) is 5.69 Å². The number of carbonyl (C=O) groups excluding carboxylic acids is 1. The Morgan fingerprint density at radius 1 is 1.12 bits per heavy atom. The lowest BCUT2D eigenvalue weighted by Crippen LogP contribution is -2.23. The van der Waals surface area contributed by atoms with E-state index in [0.29, 0.717) is 18.7 Å². The first-order chi connectivity index (χ1) is 11.6. The first-order valence-corrected chi connectivity index (χ1v) is 8.81. The van der Waals surface area contributed by atoms with E-state index in [1.54, 1.807) is 6.07 Å². The summed E-state index contributed by atoms with van der Waals surface area (Å²) in [5.74, 6) is -0.156. The second-order valence-electron chi connectivity index (χ2n) is 7.39. The smallest absolute Gasteiger partial charge is 0.306 e. The molecular weight excluding hydrogens is 320 g/mol. The number of hydrogen-bond acceptors (Lipinski definition) is 5. The number of hydrogen-bond donors (Lipinski definition) is 1. The van der Waals surface area contributed by atoms with Crippen molar-refractivity contribution in [3.63, 3.8) is 0 Å². The molecule has 0 bridgehead atoms. The van der Waals surface area contributed by atoms with Crippen LogP contribution in [0.1, 0.15) is 64.0 Å². The van der Waals surface area contributed by atoms with E-state index >= 15 is 0 Å².